The molecule has 1 aliphatic rings. The lowest BCUT2D eigenvalue weighted by atomic mass is 9.88. The Kier molecular flexibility index (Phi) is 6.64. The minimum absolute atomic E-state index is 0.0582. The summed E-state index contributed by atoms with van der Waals surface area (Å²) in [6.45, 7) is 3.15. The van der Waals surface area contributed by atoms with Gasteiger partial charge < -0.3 is 14.7 Å². The first-order valence-electron chi connectivity index (χ1n) is 9.59. The van der Waals surface area contributed by atoms with Crippen LogP contribution in [0.25, 0.3) is 0 Å². The van der Waals surface area contributed by atoms with Gasteiger partial charge in [-0.05, 0) is 48.9 Å². The van der Waals surface area contributed by atoms with Gasteiger partial charge in [0.2, 0.25) is 0 Å². The maximum atomic E-state index is 14.1. The van der Waals surface area contributed by atoms with Crippen molar-refractivity contribution < 1.29 is 19.1 Å². The van der Waals surface area contributed by atoms with E-state index in [1.54, 1.807) is 12.1 Å². The molecule has 2 atom stereocenters. The van der Waals surface area contributed by atoms with Crippen LogP contribution in [0.1, 0.15) is 48.8 Å². The third-order valence-corrected chi connectivity index (χ3v) is 5.45. The maximum absolute atomic E-state index is 14.1. The van der Waals surface area contributed by atoms with Gasteiger partial charge in [0, 0.05) is 0 Å². The first-order chi connectivity index (χ1) is 12.7. The molecule has 0 spiro atoms. The van der Waals surface area contributed by atoms with Gasteiger partial charge in [0.25, 0.3) is 0 Å². The molecule has 1 aliphatic heterocycles. The summed E-state index contributed by atoms with van der Waals surface area (Å²) in [5.74, 6) is -0.287. The number of hydrogen-bond donors (Lipinski definition) is 2. The second kappa shape index (κ2) is 9.15. The quantitative estimate of drug-likeness (QED) is 0.832. The molecule has 2 aromatic rings. The van der Waals surface area contributed by atoms with E-state index in [4.69, 9.17) is 4.74 Å². The van der Waals surface area contributed by atoms with Crippen LogP contribution in [-0.4, -0.2) is 31.9 Å². The highest BCUT2D eigenvalue weighted by Crippen LogP contribution is 2.32. The number of ether oxygens (including phenoxy) is 1. The van der Waals surface area contributed by atoms with Crippen LogP contribution in [-0.2, 0) is 0 Å². The highest BCUT2D eigenvalue weighted by Gasteiger charge is 2.28. The fourth-order valence-corrected chi connectivity index (χ4v) is 3.95. The first kappa shape index (κ1) is 18.9. The predicted octanol–water partition coefficient (Wildman–Crippen LogP) is 3.11. The molecule has 0 unspecified atom stereocenters. The zero-order chi connectivity index (χ0) is 18.4. The van der Waals surface area contributed by atoms with Crippen LogP contribution in [0.4, 0.5) is 4.39 Å². The highest BCUT2D eigenvalue weighted by atomic mass is 19.1. The van der Waals surface area contributed by atoms with Crippen LogP contribution in [0.2, 0.25) is 0 Å². The summed E-state index contributed by atoms with van der Waals surface area (Å²) in [6.07, 6.45) is 4.33. The summed E-state index contributed by atoms with van der Waals surface area (Å²) < 4.78 is 19.1. The van der Waals surface area contributed by atoms with E-state index < -0.39 is 11.9 Å². The fourth-order valence-electron chi connectivity index (χ4n) is 3.95. The van der Waals surface area contributed by atoms with E-state index in [1.165, 1.54) is 43.8 Å². The molecule has 0 aliphatic carbocycles. The van der Waals surface area contributed by atoms with Gasteiger partial charge in [0.15, 0.2) is 11.6 Å². The zero-order valence-electron chi connectivity index (χ0n) is 15.5. The number of aliphatic hydroxyl groups is 1. The van der Waals surface area contributed by atoms with Crippen molar-refractivity contribution in [1.29, 1.82) is 0 Å². The Morgan fingerprint density at radius 1 is 1.00 bits per heavy atom. The average molecular weight is 358 g/mol. The number of hydrogen-bond acceptors (Lipinski definition) is 2. The Morgan fingerprint density at radius 2 is 1.69 bits per heavy atom. The van der Waals surface area contributed by atoms with Crippen molar-refractivity contribution in [2.45, 2.75) is 37.7 Å². The van der Waals surface area contributed by atoms with Crippen molar-refractivity contribution in [3.63, 3.8) is 0 Å². The van der Waals surface area contributed by atoms with Crippen molar-refractivity contribution >= 4 is 0 Å². The Hall–Kier alpha value is -1.91. The molecule has 2 N–H and O–H groups in total. The van der Waals surface area contributed by atoms with Crippen LogP contribution in [0.3, 0.4) is 0 Å². The second-order valence-electron chi connectivity index (χ2n) is 7.22. The Bertz CT molecular complexity index is 684. The number of likely N-dealkylation sites (tertiary alicyclic amines) is 1. The number of quaternary nitrogens is 1. The third kappa shape index (κ3) is 4.63. The lowest BCUT2D eigenvalue weighted by molar-refractivity contribution is -0.901. The molecule has 1 fully saturated rings. The van der Waals surface area contributed by atoms with Crippen LogP contribution in [0.15, 0.2) is 48.5 Å². The minimum atomic E-state index is -0.742. The smallest absolute Gasteiger partial charge is 0.165 e. The molecule has 0 bridgehead atoms. The van der Waals surface area contributed by atoms with E-state index in [-0.39, 0.29) is 11.7 Å². The molecule has 26 heavy (non-hydrogen) atoms. The standard InChI is InChI=1S/C22H28FNO2/c1-26-21-12-11-18(15-20(21)23)22(25)19(17-9-5-4-6-10-17)16-24-13-7-2-3-8-14-24/h4-6,9-12,15,19,22,25H,2-3,7-8,13-14,16H2,1H3/p+1/t19-,22-/m0/s1. The van der Waals surface area contributed by atoms with E-state index in [0.29, 0.717) is 5.56 Å². The van der Waals surface area contributed by atoms with Crippen LogP contribution in [0.5, 0.6) is 5.75 Å². The number of nitrogens with one attached hydrogen (secondary N) is 1. The van der Waals surface area contributed by atoms with Gasteiger partial charge in [-0.1, -0.05) is 36.4 Å². The molecular formula is C22H29FNO2+. The lowest BCUT2D eigenvalue weighted by Crippen LogP contribution is -3.12. The molecule has 2 aromatic carbocycles. The number of benzene rings is 2. The molecule has 0 radical (unpaired) electrons. The van der Waals surface area contributed by atoms with Gasteiger partial charge >= 0.3 is 0 Å². The maximum Gasteiger partial charge on any atom is 0.165 e. The van der Waals surface area contributed by atoms with E-state index in [2.05, 4.69) is 12.1 Å². The van der Waals surface area contributed by atoms with Crippen molar-refractivity contribution in [2.24, 2.45) is 0 Å². The summed E-state index contributed by atoms with van der Waals surface area (Å²) in [6, 6.07) is 14.9. The van der Waals surface area contributed by atoms with Gasteiger partial charge in [0.05, 0.1) is 38.8 Å². The molecule has 140 valence electrons. The molecule has 3 nitrogen and oxygen atoms in total. The number of aliphatic hydroxyl groups excluding tert-OH is 1. The fraction of sp³-hybridized carbons (Fsp3) is 0.455. The molecule has 3 rings (SSSR count). The van der Waals surface area contributed by atoms with Crippen molar-refractivity contribution in [1.82, 2.24) is 0 Å². The first-order valence-corrected chi connectivity index (χ1v) is 9.59. The topological polar surface area (TPSA) is 33.9 Å². The normalized spacial score (nSPS) is 18.1. The summed E-state index contributed by atoms with van der Waals surface area (Å²) in [5.41, 5.74) is 1.71. The van der Waals surface area contributed by atoms with Gasteiger partial charge in [-0.15, -0.1) is 0 Å². The van der Waals surface area contributed by atoms with Crippen molar-refractivity contribution in [3.05, 3.63) is 65.5 Å². The molecule has 0 saturated carbocycles. The molecular weight excluding hydrogens is 329 g/mol. The van der Waals surface area contributed by atoms with Crippen molar-refractivity contribution in [2.75, 3.05) is 26.7 Å². The Morgan fingerprint density at radius 3 is 2.31 bits per heavy atom. The highest BCUT2D eigenvalue weighted by molar-refractivity contribution is 5.33. The summed E-state index contributed by atoms with van der Waals surface area (Å²) >= 11 is 0. The van der Waals surface area contributed by atoms with Crippen LogP contribution >= 0.6 is 0 Å². The molecule has 4 heteroatoms. The molecule has 1 saturated heterocycles. The second-order valence-corrected chi connectivity index (χ2v) is 7.22. The van der Waals surface area contributed by atoms with E-state index in [0.717, 1.165) is 25.2 Å². The SMILES string of the molecule is COc1ccc([C@H](O)[C@@H](C[NH+]2CCCCCC2)c2ccccc2)cc1F. The largest absolute Gasteiger partial charge is 0.494 e. The molecule has 0 amide bonds. The Labute approximate surface area is 155 Å². The minimum Gasteiger partial charge on any atom is -0.494 e. The monoisotopic (exact) mass is 358 g/mol. The molecule has 0 aromatic heterocycles. The average Bonchev–Trinajstić information content (AvgIpc) is 2.95. The Balaban J connectivity index is 1.85. The van der Waals surface area contributed by atoms with Gasteiger partial charge in [-0.3, -0.25) is 0 Å². The zero-order valence-corrected chi connectivity index (χ0v) is 15.5. The van der Waals surface area contributed by atoms with Crippen LogP contribution in [0, 0.1) is 5.82 Å². The number of halogens is 1. The van der Waals surface area contributed by atoms with E-state index in [1.807, 2.05) is 18.2 Å². The summed E-state index contributed by atoms with van der Waals surface area (Å²) in [5, 5.41) is 11.1. The van der Waals surface area contributed by atoms with Gasteiger partial charge in [0.1, 0.15) is 0 Å². The summed E-state index contributed by atoms with van der Waals surface area (Å²) in [7, 11) is 1.45. The van der Waals surface area contributed by atoms with Gasteiger partial charge in [-0.2, -0.15) is 0 Å². The van der Waals surface area contributed by atoms with Crippen LogP contribution < -0.4 is 9.64 Å². The third-order valence-electron chi connectivity index (χ3n) is 5.45. The van der Waals surface area contributed by atoms with E-state index >= 15 is 0 Å². The number of rotatable bonds is 6. The van der Waals surface area contributed by atoms with E-state index in [9.17, 15) is 9.50 Å². The lowest BCUT2D eigenvalue weighted by Gasteiger charge is -2.28. The molecule has 1 heterocycles. The summed E-state index contributed by atoms with van der Waals surface area (Å²) in [4.78, 5) is 1.53. The van der Waals surface area contributed by atoms with Gasteiger partial charge in [-0.25, -0.2) is 4.39 Å². The van der Waals surface area contributed by atoms with Crippen molar-refractivity contribution in [3.8, 4) is 5.75 Å². The number of methoxy groups -OCH3 is 1. The predicted molar refractivity (Wildman–Crippen MR) is 101 cm³/mol.